The molecule has 12 nitrogen and oxygen atoms in total. The van der Waals surface area contributed by atoms with Crippen molar-refractivity contribution in [3.8, 4) is 0 Å². The van der Waals surface area contributed by atoms with E-state index in [-0.39, 0.29) is 5.92 Å². The molecule has 0 aliphatic heterocycles. The molecule has 0 saturated heterocycles. The summed E-state index contributed by atoms with van der Waals surface area (Å²) < 4.78 is 0. The van der Waals surface area contributed by atoms with Crippen LogP contribution < -0.4 is 27.4 Å². The molecule has 0 fully saturated rings. The first-order valence-corrected chi connectivity index (χ1v) is 10.0. The maximum atomic E-state index is 12.8. The van der Waals surface area contributed by atoms with Crippen LogP contribution in [0, 0.1) is 11.8 Å². The van der Waals surface area contributed by atoms with Crippen LogP contribution in [-0.2, 0) is 24.0 Å². The molecule has 0 aliphatic carbocycles. The molecule has 0 aromatic heterocycles. The second kappa shape index (κ2) is 12.8. The van der Waals surface area contributed by atoms with E-state index in [4.69, 9.17) is 16.6 Å². The number of carboxylic acids is 1. The number of carbonyl (C=O) groups is 5. The van der Waals surface area contributed by atoms with Gasteiger partial charge < -0.3 is 37.6 Å². The van der Waals surface area contributed by atoms with E-state index in [1.54, 1.807) is 13.8 Å². The highest BCUT2D eigenvalue weighted by Gasteiger charge is 2.33. The van der Waals surface area contributed by atoms with Crippen LogP contribution >= 0.6 is 0 Å². The summed E-state index contributed by atoms with van der Waals surface area (Å²) in [6, 6.07) is -5.07. The number of hydrogen-bond donors (Lipinski definition) is 7. The fourth-order valence-corrected chi connectivity index (χ4v) is 2.72. The molecule has 0 radical (unpaired) electrons. The van der Waals surface area contributed by atoms with Crippen LogP contribution in [0.4, 0.5) is 0 Å². The molecular formula is C19H35N5O7. The number of amides is 4. The van der Waals surface area contributed by atoms with Crippen molar-refractivity contribution < 1.29 is 34.2 Å². The lowest BCUT2D eigenvalue weighted by molar-refractivity contribution is -0.145. The van der Waals surface area contributed by atoms with Gasteiger partial charge in [0.15, 0.2) is 6.04 Å². The topological polar surface area (TPSA) is 214 Å². The molecule has 0 aromatic rings. The second-order valence-corrected chi connectivity index (χ2v) is 8.26. The number of aliphatic hydroxyl groups excluding tert-OH is 1. The number of carboxylic acid groups (broad SMARTS) is 1. The Hall–Kier alpha value is -2.73. The Morgan fingerprint density at radius 2 is 1.35 bits per heavy atom. The zero-order valence-electron chi connectivity index (χ0n) is 18.5. The number of hydrogen-bond acceptors (Lipinski definition) is 7. The van der Waals surface area contributed by atoms with Gasteiger partial charge in [-0.25, -0.2) is 4.79 Å². The van der Waals surface area contributed by atoms with Crippen LogP contribution in [0.3, 0.4) is 0 Å². The summed E-state index contributed by atoms with van der Waals surface area (Å²) in [7, 11) is 0. The standard InChI is InChI=1S/C19H35N5O7/c1-8(2)6-11(20)16(27)23-14(9(3)4)18(29)22-12(7-13(21)26)17(28)24-15(10(5)25)19(30)31/h8-12,14-15,25H,6-7,20H2,1-5H3,(H2,21,26)(H,22,29)(H,23,27)(H,24,28)(H,30,31). The summed E-state index contributed by atoms with van der Waals surface area (Å²) in [5.74, 6) is -4.99. The van der Waals surface area contributed by atoms with Crippen molar-refractivity contribution in [1.29, 1.82) is 0 Å². The molecule has 0 heterocycles. The van der Waals surface area contributed by atoms with E-state index in [1.807, 2.05) is 13.8 Å². The number of nitrogens with one attached hydrogen (secondary N) is 3. The summed E-state index contributed by atoms with van der Waals surface area (Å²) >= 11 is 0. The summed E-state index contributed by atoms with van der Waals surface area (Å²) in [5.41, 5.74) is 11.0. The molecule has 0 rings (SSSR count). The van der Waals surface area contributed by atoms with Crippen LogP contribution in [0.5, 0.6) is 0 Å². The van der Waals surface area contributed by atoms with Crippen LogP contribution in [0.15, 0.2) is 0 Å². The van der Waals surface area contributed by atoms with Crippen molar-refractivity contribution in [3.05, 3.63) is 0 Å². The monoisotopic (exact) mass is 445 g/mol. The third-order valence-electron chi connectivity index (χ3n) is 4.39. The second-order valence-electron chi connectivity index (χ2n) is 8.26. The minimum absolute atomic E-state index is 0.159. The number of rotatable bonds is 13. The summed E-state index contributed by atoms with van der Waals surface area (Å²) in [5, 5.41) is 25.5. The minimum atomic E-state index is -1.66. The fourth-order valence-electron chi connectivity index (χ4n) is 2.72. The normalized spacial score (nSPS) is 16.0. The maximum Gasteiger partial charge on any atom is 0.328 e. The lowest BCUT2D eigenvalue weighted by Gasteiger charge is -2.27. The SMILES string of the molecule is CC(C)CC(N)C(=O)NC(C(=O)NC(CC(N)=O)C(=O)NC(C(=O)O)C(C)O)C(C)C. The number of aliphatic hydroxyl groups is 1. The van der Waals surface area contributed by atoms with E-state index in [0.29, 0.717) is 6.42 Å². The van der Waals surface area contributed by atoms with Gasteiger partial charge in [-0.1, -0.05) is 27.7 Å². The predicted molar refractivity (Wildman–Crippen MR) is 111 cm³/mol. The highest BCUT2D eigenvalue weighted by atomic mass is 16.4. The van der Waals surface area contributed by atoms with Crippen molar-refractivity contribution in [3.63, 3.8) is 0 Å². The summed E-state index contributed by atoms with van der Waals surface area (Å²) in [4.78, 5) is 60.1. The van der Waals surface area contributed by atoms with E-state index in [2.05, 4.69) is 16.0 Å². The number of nitrogens with two attached hydrogens (primary N) is 2. The van der Waals surface area contributed by atoms with Crippen LogP contribution in [0.2, 0.25) is 0 Å². The zero-order chi connectivity index (χ0) is 24.5. The van der Waals surface area contributed by atoms with Gasteiger partial charge in [-0.05, 0) is 25.2 Å². The van der Waals surface area contributed by atoms with Gasteiger partial charge in [0.1, 0.15) is 12.1 Å². The lowest BCUT2D eigenvalue weighted by Crippen LogP contribution is -2.59. The molecule has 0 spiro atoms. The van der Waals surface area contributed by atoms with Crippen LogP contribution in [-0.4, -0.2) is 70.1 Å². The molecule has 12 heteroatoms. The van der Waals surface area contributed by atoms with Gasteiger partial charge in [0.2, 0.25) is 23.6 Å². The smallest absolute Gasteiger partial charge is 0.328 e. The average Bonchev–Trinajstić information content (AvgIpc) is 2.60. The highest BCUT2D eigenvalue weighted by Crippen LogP contribution is 2.07. The first-order valence-electron chi connectivity index (χ1n) is 10.0. The molecule has 5 unspecified atom stereocenters. The van der Waals surface area contributed by atoms with Gasteiger partial charge in [-0.3, -0.25) is 19.2 Å². The van der Waals surface area contributed by atoms with Crippen molar-refractivity contribution >= 4 is 29.6 Å². The molecule has 0 saturated carbocycles. The Morgan fingerprint density at radius 3 is 1.74 bits per heavy atom. The van der Waals surface area contributed by atoms with Crippen molar-refractivity contribution in [1.82, 2.24) is 16.0 Å². The summed E-state index contributed by atoms with van der Waals surface area (Å²) in [6.45, 7) is 8.27. The molecule has 0 bridgehead atoms. The van der Waals surface area contributed by atoms with Crippen LogP contribution in [0.1, 0.15) is 47.5 Å². The third-order valence-corrected chi connectivity index (χ3v) is 4.39. The zero-order valence-corrected chi connectivity index (χ0v) is 18.5. The molecule has 5 atom stereocenters. The molecule has 0 aliphatic rings. The maximum absolute atomic E-state index is 12.8. The van der Waals surface area contributed by atoms with E-state index in [0.717, 1.165) is 6.92 Å². The first-order chi connectivity index (χ1) is 14.2. The minimum Gasteiger partial charge on any atom is -0.480 e. The molecule has 31 heavy (non-hydrogen) atoms. The van der Waals surface area contributed by atoms with Crippen molar-refractivity contribution in [2.45, 2.75) is 77.7 Å². The number of aliphatic carboxylic acids is 1. The van der Waals surface area contributed by atoms with Gasteiger partial charge in [-0.15, -0.1) is 0 Å². The fraction of sp³-hybridized carbons (Fsp3) is 0.737. The third kappa shape index (κ3) is 10.2. The molecule has 178 valence electrons. The highest BCUT2D eigenvalue weighted by molar-refractivity contribution is 5.96. The first kappa shape index (κ1) is 28.3. The summed E-state index contributed by atoms with van der Waals surface area (Å²) in [6.07, 6.45) is -1.65. The number of carbonyl (C=O) groups excluding carboxylic acids is 4. The molecule has 9 N–H and O–H groups in total. The Balaban J connectivity index is 5.44. The van der Waals surface area contributed by atoms with Crippen molar-refractivity contribution in [2.24, 2.45) is 23.3 Å². The van der Waals surface area contributed by atoms with Gasteiger partial charge in [0.25, 0.3) is 0 Å². The Morgan fingerprint density at radius 1 is 0.839 bits per heavy atom. The Labute approximate surface area is 181 Å². The Kier molecular flexibility index (Phi) is 11.7. The van der Waals surface area contributed by atoms with Gasteiger partial charge in [-0.2, -0.15) is 0 Å². The van der Waals surface area contributed by atoms with Gasteiger partial charge in [0, 0.05) is 0 Å². The Bertz CT molecular complexity index is 666. The van der Waals surface area contributed by atoms with E-state index < -0.39 is 72.2 Å². The largest absolute Gasteiger partial charge is 0.480 e. The van der Waals surface area contributed by atoms with E-state index >= 15 is 0 Å². The van der Waals surface area contributed by atoms with Gasteiger partial charge in [0.05, 0.1) is 18.6 Å². The quantitative estimate of drug-likeness (QED) is 0.165. The number of primary amides is 1. The van der Waals surface area contributed by atoms with Crippen molar-refractivity contribution in [2.75, 3.05) is 0 Å². The van der Waals surface area contributed by atoms with E-state index in [9.17, 15) is 29.1 Å². The van der Waals surface area contributed by atoms with Gasteiger partial charge >= 0.3 is 5.97 Å². The average molecular weight is 446 g/mol. The molecule has 4 amide bonds. The van der Waals surface area contributed by atoms with Crippen LogP contribution in [0.25, 0.3) is 0 Å². The molecular weight excluding hydrogens is 410 g/mol. The lowest BCUT2D eigenvalue weighted by atomic mass is 10.00. The molecule has 0 aromatic carbocycles. The van der Waals surface area contributed by atoms with E-state index in [1.165, 1.54) is 0 Å². The predicted octanol–water partition coefficient (Wildman–Crippen LogP) is -2.19.